The summed E-state index contributed by atoms with van der Waals surface area (Å²) in [5, 5.41) is 5.96. The summed E-state index contributed by atoms with van der Waals surface area (Å²) in [5.74, 6) is 0.606. The van der Waals surface area contributed by atoms with E-state index in [4.69, 9.17) is 17.0 Å². The summed E-state index contributed by atoms with van der Waals surface area (Å²) >= 11 is 5.20. The number of carbonyl (C=O) groups is 1. The van der Waals surface area contributed by atoms with Crippen molar-refractivity contribution in [3.05, 3.63) is 59.7 Å². The van der Waals surface area contributed by atoms with Gasteiger partial charge in [-0.2, -0.15) is 0 Å². The summed E-state index contributed by atoms with van der Waals surface area (Å²) in [7, 11) is 0. The molecular formula is C19H22N2O2S. The van der Waals surface area contributed by atoms with Gasteiger partial charge in [0.2, 0.25) is 0 Å². The van der Waals surface area contributed by atoms with Crippen molar-refractivity contribution in [2.45, 2.75) is 26.7 Å². The zero-order valence-electron chi connectivity index (χ0n) is 14.0. The van der Waals surface area contributed by atoms with Crippen molar-refractivity contribution >= 4 is 28.9 Å². The van der Waals surface area contributed by atoms with E-state index in [1.54, 1.807) is 6.07 Å². The Kier molecular flexibility index (Phi) is 6.75. The highest BCUT2D eigenvalue weighted by atomic mass is 32.1. The van der Waals surface area contributed by atoms with Gasteiger partial charge in [-0.05, 0) is 61.5 Å². The molecular weight excluding hydrogens is 320 g/mol. The third kappa shape index (κ3) is 5.35. The van der Waals surface area contributed by atoms with Crippen molar-refractivity contribution in [1.29, 1.82) is 0 Å². The van der Waals surface area contributed by atoms with Crippen LogP contribution in [0.2, 0.25) is 0 Å². The summed E-state index contributed by atoms with van der Waals surface area (Å²) in [6.07, 6.45) is 2.14. The van der Waals surface area contributed by atoms with Gasteiger partial charge >= 0.3 is 0 Å². The second kappa shape index (κ2) is 9.03. The average Bonchev–Trinajstić information content (AvgIpc) is 2.57. The molecule has 2 aromatic carbocycles. The quantitative estimate of drug-likeness (QED) is 0.607. The first-order chi connectivity index (χ1) is 11.6. The van der Waals surface area contributed by atoms with Crippen molar-refractivity contribution in [2.24, 2.45) is 0 Å². The molecule has 0 spiro atoms. The van der Waals surface area contributed by atoms with Gasteiger partial charge in [-0.3, -0.25) is 10.1 Å². The predicted octanol–water partition coefficient (Wildman–Crippen LogP) is 4.30. The van der Waals surface area contributed by atoms with E-state index in [1.165, 1.54) is 0 Å². The molecule has 0 bridgehead atoms. The topological polar surface area (TPSA) is 50.4 Å². The van der Waals surface area contributed by atoms with E-state index < -0.39 is 0 Å². The molecule has 0 saturated carbocycles. The number of ether oxygens (including phenoxy) is 1. The minimum Gasteiger partial charge on any atom is -0.494 e. The highest BCUT2D eigenvalue weighted by molar-refractivity contribution is 7.80. The summed E-state index contributed by atoms with van der Waals surface area (Å²) < 4.78 is 5.61. The third-order valence-electron chi connectivity index (χ3n) is 3.50. The molecule has 0 fully saturated rings. The van der Waals surface area contributed by atoms with Crippen LogP contribution in [0.15, 0.2) is 48.5 Å². The predicted molar refractivity (Wildman–Crippen MR) is 102 cm³/mol. The largest absolute Gasteiger partial charge is 0.494 e. The second-order valence-electron chi connectivity index (χ2n) is 5.45. The lowest BCUT2D eigenvalue weighted by atomic mass is 10.1. The minimum absolute atomic E-state index is 0.217. The lowest BCUT2D eigenvalue weighted by Gasteiger charge is -2.11. The van der Waals surface area contributed by atoms with Crippen LogP contribution in [0.3, 0.4) is 0 Å². The van der Waals surface area contributed by atoms with Crippen LogP contribution in [0.25, 0.3) is 0 Å². The Bertz CT molecular complexity index is 699. The molecule has 0 radical (unpaired) electrons. The number of rotatable bonds is 6. The zero-order valence-corrected chi connectivity index (χ0v) is 14.8. The molecule has 0 aliphatic rings. The molecule has 5 heteroatoms. The van der Waals surface area contributed by atoms with Gasteiger partial charge in [0.1, 0.15) is 5.75 Å². The molecule has 0 atom stereocenters. The third-order valence-corrected chi connectivity index (χ3v) is 3.70. The van der Waals surface area contributed by atoms with Gasteiger partial charge in [0.15, 0.2) is 5.11 Å². The number of thiocarbonyl (C=S) groups is 1. The fourth-order valence-electron chi connectivity index (χ4n) is 2.13. The molecule has 0 aromatic heterocycles. The number of carbonyl (C=O) groups excluding carboxylic acids is 1. The lowest BCUT2D eigenvalue weighted by molar-refractivity contribution is 0.0977. The van der Waals surface area contributed by atoms with E-state index in [2.05, 4.69) is 17.6 Å². The van der Waals surface area contributed by atoms with Crippen molar-refractivity contribution in [3.63, 3.8) is 0 Å². The number of amides is 1. The molecule has 24 heavy (non-hydrogen) atoms. The summed E-state index contributed by atoms with van der Waals surface area (Å²) in [6.45, 7) is 4.74. The maximum Gasteiger partial charge on any atom is 0.257 e. The average molecular weight is 342 g/mol. The van der Waals surface area contributed by atoms with Crippen LogP contribution in [-0.2, 0) is 0 Å². The van der Waals surface area contributed by atoms with Crippen LogP contribution in [0.4, 0.5) is 5.69 Å². The van der Waals surface area contributed by atoms with Crippen LogP contribution in [0.5, 0.6) is 5.75 Å². The first-order valence-corrected chi connectivity index (χ1v) is 8.42. The Morgan fingerprint density at radius 1 is 1.12 bits per heavy atom. The van der Waals surface area contributed by atoms with Crippen LogP contribution in [-0.4, -0.2) is 17.6 Å². The molecule has 2 N–H and O–H groups in total. The van der Waals surface area contributed by atoms with Crippen molar-refractivity contribution in [1.82, 2.24) is 5.32 Å². The maximum atomic E-state index is 12.2. The maximum absolute atomic E-state index is 12.2. The van der Waals surface area contributed by atoms with Crippen molar-refractivity contribution in [2.75, 3.05) is 11.9 Å². The number of hydrogen-bond donors (Lipinski definition) is 2. The van der Waals surface area contributed by atoms with Crippen LogP contribution >= 0.6 is 12.2 Å². The number of nitrogens with one attached hydrogen (secondary N) is 2. The molecule has 0 aliphatic heterocycles. The normalized spacial score (nSPS) is 10.1. The fourth-order valence-corrected chi connectivity index (χ4v) is 2.34. The number of unbranched alkanes of at least 4 members (excludes halogenated alkanes) is 1. The van der Waals surface area contributed by atoms with E-state index in [9.17, 15) is 4.79 Å². The summed E-state index contributed by atoms with van der Waals surface area (Å²) in [5.41, 5.74) is 2.32. The number of anilines is 1. The lowest BCUT2D eigenvalue weighted by Crippen LogP contribution is -2.34. The van der Waals surface area contributed by atoms with E-state index in [-0.39, 0.29) is 11.0 Å². The van der Waals surface area contributed by atoms with Gasteiger partial charge in [-0.1, -0.05) is 31.5 Å². The highest BCUT2D eigenvalue weighted by Gasteiger charge is 2.10. The van der Waals surface area contributed by atoms with Gasteiger partial charge in [-0.15, -0.1) is 0 Å². The molecule has 4 nitrogen and oxygen atoms in total. The Hall–Kier alpha value is -2.40. The smallest absolute Gasteiger partial charge is 0.257 e. The zero-order chi connectivity index (χ0) is 17.4. The molecule has 126 valence electrons. The molecule has 0 saturated heterocycles. The van der Waals surface area contributed by atoms with Gasteiger partial charge < -0.3 is 10.1 Å². The highest BCUT2D eigenvalue weighted by Crippen LogP contribution is 2.16. The molecule has 2 aromatic rings. The summed E-state index contributed by atoms with van der Waals surface area (Å²) in [6, 6.07) is 14.9. The minimum atomic E-state index is -0.217. The van der Waals surface area contributed by atoms with E-state index in [0.29, 0.717) is 12.2 Å². The van der Waals surface area contributed by atoms with E-state index in [0.717, 1.165) is 29.8 Å². The Morgan fingerprint density at radius 3 is 2.50 bits per heavy atom. The van der Waals surface area contributed by atoms with Crippen LogP contribution in [0, 0.1) is 6.92 Å². The first-order valence-electron chi connectivity index (χ1n) is 8.01. The van der Waals surface area contributed by atoms with E-state index >= 15 is 0 Å². The Morgan fingerprint density at radius 2 is 1.83 bits per heavy atom. The molecule has 1 amide bonds. The number of hydrogen-bond acceptors (Lipinski definition) is 3. The monoisotopic (exact) mass is 342 g/mol. The van der Waals surface area contributed by atoms with Crippen molar-refractivity contribution < 1.29 is 9.53 Å². The number of aryl methyl sites for hydroxylation is 1. The van der Waals surface area contributed by atoms with Gasteiger partial charge in [0.05, 0.1) is 6.61 Å². The fraction of sp³-hybridized carbons (Fsp3) is 0.263. The molecule has 0 heterocycles. The molecule has 2 rings (SSSR count). The Balaban J connectivity index is 1.88. The van der Waals surface area contributed by atoms with E-state index in [1.807, 2.05) is 49.4 Å². The van der Waals surface area contributed by atoms with Gasteiger partial charge in [0.25, 0.3) is 5.91 Å². The van der Waals surface area contributed by atoms with Crippen molar-refractivity contribution in [3.8, 4) is 5.75 Å². The second-order valence-corrected chi connectivity index (χ2v) is 5.86. The van der Waals surface area contributed by atoms with Crippen LogP contribution in [0.1, 0.15) is 35.7 Å². The van der Waals surface area contributed by atoms with Gasteiger partial charge in [0, 0.05) is 11.3 Å². The standard InChI is InChI=1S/C19H22N2O2S/c1-3-4-13-23-16-11-9-15(10-12-16)20-19(24)21-18(22)17-8-6-5-7-14(17)2/h5-12H,3-4,13H2,1-2H3,(H2,20,21,22,24). The molecule has 0 aliphatic carbocycles. The van der Waals surface area contributed by atoms with Gasteiger partial charge in [-0.25, -0.2) is 0 Å². The number of benzene rings is 2. The SMILES string of the molecule is CCCCOc1ccc(NC(=S)NC(=O)c2ccccc2C)cc1. The first kappa shape index (κ1) is 17.9. The molecule has 0 unspecified atom stereocenters. The Labute approximate surface area is 148 Å². The van der Waals surface area contributed by atoms with Crippen LogP contribution < -0.4 is 15.4 Å². The summed E-state index contributed by atoms with van der Waals surface area (Å²) in [4.78, 5) is 12.2.